The highest BCUT2D eigenvalue weighted by Crippen LogP contribution is 2.19. The number of aliphatic carboxylic acids is 1. The van der Waals surface area contributed by atoms with Crippen LogP contribution in [0, 0.1) is 6.92 Å². The molecule has 0 aliphatic heterocycles. The van der Waals surface area contributed by atoms with E-state index in [4.69, 9.17) is 11.6 Å². The first-order valence-corrected chi connectivity index (χ1v) is 7.94. The van der Waals surface area contributed by atoms with Crippen LogP contribution in [-0.2, 0) is 4.79 Å². The highest BCUT2D eigenvalue weighted by molar-refractivity contribution is 6.31. The topological polar surface area (TPSA) is 84.1 Å². The maximum Gasteiger partial charge on any atom is 0.336 e. The van der Waals surface area contributed by atoms with Gasteiger partial charge in [0.05, 0.1) is 28.6 Å². The largest absolute Gasteiger partial charge is 0.548 e. The summed E-state index contributed by atoms with van der Waals surface area (Å²) in [5.74, 6) is -1.42. The number of fused-ring (bicyclic) bond motifs is 1. The second-order valence-electron chi connectivity index (χ2n) is 5.74. The van der Waals surface area contributed by atoms with E-state index in [1.54, 1.807) is 37.3 Å². The fraction of sp³-hybridized carbons (Fsp3) is 0.167. The van der Waals surface area contributed by atoms with Gasteiger partial charge < -0.3 is 9.90 Å². The van der Waals surface area contributed by atoms with Crippen molar-refractivity contribution in [2.75, 3.05) is 0 Å². The molecule has 0 aliphatic carbocycles. The molecule has 0 aliphatic rings. The Labute approximate surface area is 147 Å². The Morgan fingerprint density at radius 3 is 2.48 bits per heavy atom. The molecule has 0 N–H and O–H groups in total. The summed E-state index contributed by atoms with van der Waals surface area (Å²) in [5.41, 5.74) is 0.00429. The number of aromatic nitrogens is 2. The molecule has 1 atom stereocenters. The molecular weight excluding hydrogens is 344 g/mol. The number of aryl methyl sites for hydroxylation is 1. The lowest BCUT2D eigenvalue weighted by atomic mass is 10.2. The number of carboxylic acid groups (broad SMARTS) is 1. The van der Waals surface area contributed by atoms with Crippen molar-refractivity contribution in [3.63, 3.8) is 0 Å². The van der Waals surface area contributed by atoms with Crippen molar-refractivity contribution < 1.29 is 9.90 Å². The second kappa shape index (κ2) is 6.22. The van der Waals surface area contributed by atoms with Crippen molar-refractivity contribution >= 4 is 28.5 Å². The summed E-state index contributed by atoms with van der Waals surface area (Å²) in [5, 5.41) is 12.0. The zero-order valence-electron chi connectivity index (χ0n) is 13.5. The lowest BCUT2D eigenvalue weighted by molar-refractivity contribution is -0.309. The lowest BCUT2D eigenvalue weighted by Crippen LogP contribution is -2.44. The van der Waals surface area contributed by atoms with Gasteiger partial charge in [-0.1, -0.05) is 29.8 Å². The van der Waals surface area contributed by atoms with Gasteiger partial charge in [-0.3, -0.25) is 9.36 Å². The number of nitrogens with zero attached hydrogens (tertiary/aromatic N) is 2. The minimum atomic E-state index is -1.42. The van der Waals surface area contributed by atoms with E-state index in [0.717, 1.165) is 14.7 Å². The predicted molar refractivity (Wildman–Crippen MR) is 93.3 cm³/mol. The van der Waals surface area contributed by atoms with Gasteiger partial charge in [-0.25, -0.2) is 9.36 Å². The number of rotatable bonds is 3. The molecule has 3 aromatic rings. The molecule has 6 nitrogen and oxygen atoms in total. The SMILES string of the molecule is Cc1ccc(-n2c(=O)c3ccccc3n([C@H](C)C(=O)[O-])c2=O)cc1Cl. The molecule has 128 valence electrons. The number of hydrogen-bond acceptors (Lipinski definition) is 4. The normalized spacial score (nSPS) is 12.3. The van der Waals surface area contributed by atoms with E-state index in [9.17, 15) is 19.5 Å². The minimum Gasteiger partial charge on any atom is -0.548 e. The van der Waals surface area contributed by atoms with Gasteiger partial charge in [0.2, 0.25) is 0 Å². The Morgan fingerprint density at radius 1 is 1.16 bits per heavy atom. The van der Waals surface area contributed by atoms with E-state index in [-0.39, 0.29) is 16.6 Å². The molecule has 25 heavy (non-hydrogen) atoms. The van der Waals surface area contributed by atoms with Crippen molar-refractivity contribution in [1.82, 2.24) is 9.13 Å². The second-order valence-corrected chi connectivity index (χ2v) is 6.15. The molecule has 0 fully saturated rings. The number of carbonyl (C=O) groups is 1. The van der Waals surface area contributed by atoms with Gasteiger partial charge in [-0.2, -0.15) is 0 Å². The molecule has 0 saturated carbocycles. The number of benzene rings is 2. The Hall–Kier alpha value is -2.86. The number of hydrogen-bond donors (Lipinski definition) is 0. The summed E-state index contributed by atoms with van der Waals surface area (Å²) < 4.78 is 1.97. The number of halogens is 1. The van der Waals surface area contributed by atoms with Crippen LogP contribution in [0.3, 0.4) is 0 Å². The Kier molecular flexibility index (Phi) is 4.22. The number of carboxylic acids is 1. The molecule has 3 rings (SSSR count). The van der Waals surface area contributed by atoms with Crippen LogP contribution in [0.5, 0.6) is 0 Å². The molecule has 2 aromatic carbocycles. The Balaban J connectivity index is 2.48. The summed E-state index contributed by atoms with van der Waals surface area (Å²) in [7, 11) is 0. The molecule has 0 unspecified atom stereocenters. The van der Waals surface area contributed by atoms with Gasteiger partial charge in [0.15, 0.2) is 0 Å². The van der Waals surface area contributed by atoms with E-state index in [1.165, 1.54) is 19.1 Å². The molecule has 1 heterocycles. The fourth-order valence-corrected chi connectivity index (χ4v) is 2.89. The standard InChI is InChI=1S/C18H15ClN2O4/c1-10-7-8-12(9-14(10)19)21-16(22)13-5-3-4-6-15(13)20(18(21)25)11(2)17(23)24/h3-9,11H,1-2H3,(H,23,24)/p-1/t11-/m1/s1. The van der Waals surface area contributed by atoms with Crippen LogP contribution in [-0.4, -0.2) is 15.1 Å². The fourth-order valence-electron chi connectivity index (χ4n) is 2.71. The molecular formula is C18H14ClN2O4-. The summed E-state index contributed by atoms with van der Waals surface area (Å²) >= 11 is 6.11. The average Bonchev–Trinajstić information content (AvgIpc) is 2.58. The van der Waals surface area contributed by atoms with Crippen molar-refractivity contribution in [2.24, 2.45) is 0 Å². The van der Waals surface area contributed by atoms with Gasteiger partial charge in [-0.15, -0.1) is 0 Å². The first-order valence-electron chi connectivity index (χ1n) is 7.56. The molecule has 1 aromatic heterocycles. The van der Waals surface area contributed by atoms with Crippen molar-refractivity contribution in [2.45, 2.75) is 19.9 Å². The van der Waals surface area contributed by atoms with Crippen LogP contribution < -0.4 is 16.4 Å². The van der Waals surface area contributed by atoms with Gasteiger partial charge in [-0.05, 0) is 43.7 Å². The zero-order valence-corrected chi connectivity index (χ0v) is 14.3. The van der Waals surface area contributed by atoms with E-state index in [2.05, 4.69) is 0 Å². The van der Waals surface area contributed by atoms with E-state index < -0.39 is 23.3 Å². The third-order valence-electron chi connectivity index (χ3n) is 4.14. The monoisotopic (exact) mass is 357 g/mol. The Bertz CT molecular complexity index is 1110. The van der Waals surface area contributed by atoms with E-state index in [1.807, 2.05) is 0 Å². The summed E-state index contributed by atoms with van der Waals surface area (Å²) in [6.07, 6.45) is 0. The van der Waals surface area contributed by atoms with Crippen LogP contribution in [0.25, 0.3) is 16.6 Å². The quantitative estimate of drug-likeness (QED) is 0.709. The smallest absolute Gasteiger partial charge is 0.336 e. The van der Waals surface area contributed by atoms with Crippen LogP contribution in [0.1, 0.15) is 18.5 Å². The third-order valence-corrected chi connectivity index (χ3v) is 4.54. The highest BCUT2D eigenvalue weighted by atomic mass is 35.5. The predicted octanol–water partition coefficient (Wildman–Crippen LogP) is 1.43. The molecule has 0 spiro atoms. The molecule has 7 heteroatoms. The summed E-state index contributed by atoms with van der Waals surface area (Å²) in [4.78, 5) is 37.1. The highest BCUT2D eigenvalue weighted by Gasteiger charge is 2.18. The van der Waals surface area contributed by atoms with Crippen LogP contribution in [0.2, 0.25) is 5.02 Å². The van der Waals surface area contributed by atoms with Crippen molar-refractivity contribution in [3.8, 4) is 5.69 Å². The molecule has 0 saturated heterocycles. The third kappa shape index (κ3) is 2.74. The van der Waals surface area contributed by atoms with E-state index in [0.29, 0.717) is 5.02 Å². The van der Waals surface area contributed by atoms with Gasteiger partial charge in [0.25, 0.3) is 5.56 Å². The number of carbonyl (C=O) groups excluding carboxylic acids is 1. The molecule has 0 amide bonds. The first kappa shape index (κ1) is 17.0. The van der Waals surface area contributed by atoms with Gasteiger partial charge >= 0.3 is 5.69 Å². The van der Waals surface area contributed by atoms with Gasteiger partial charge in [0, 0.05) is 5.02 Å². The van der Waals surface area contributed by atoms with Crippen LogP contribution in [0.4, 0.5) is 0 Å². The molecule has 0 bridgehead atoms. The van der Waals surface area contributed by atoms with Gasteiger partial charge in [0.1, 0.15) is 0 Å². The van der Waals surface area contributed by atoms with Crippen LogP contribution >= 0.6 is 11.6 Å². The van der Waals surface area contributed by atoms with Crippen molar-refractivity contribution in [3.05, 3.63) is 73.9 Å². The summed E-state index contributed by atoms with van der Waals surface area (Å²) in [6.45, 7) is 3.13. The minimum absolute atomic E-state index is 0.229. The van der Waals surface area contributed by atoms with Crippen LogP contribution in [0.15, 0.2) is 52.1 Å². The zero-order chi connectivity index (χ0) is 18.3. The average molecular weight is 358 g/mol. The first-order chi connectivity index (χ1) is 11.8. The Morgan fingerprint density at radius 2 is 1.84 bits per heavy atom. The molecule has 0 radical (unpaired) electrons. The maximum absolute atomic E-state index is 12.9. The van der Waals surface area contributed by atoms with E-state index >= 15 is 0 Å². The number of para-hydroxylation sites is 1. The van der Waals surface area contributed by atoms with Crippen molar-refractivity contribution in [1.29, 1.82) is 0 Å². The summed E-state index contributed by atoms with van der Waals surface area (Å²) in [6, 6.07) is 9.89. The lowest BCUT2D eigenvalue weighted by Gasteiger charge is -2.20. The maximum atomic E-state index is 12.9.